The number of benzene rings is 2. The van der Waals surface area contributed by atoms with Gasteiger partial charge in [-0.15, -0.1) is 0 Å². The van der Waals surface area contributed by atoms with Crippen molar-refractivity contribution in [3.63, 3.8) is 0 Å². The lowest BCUT2D eigenvalue weighted by Gasteiger charge is -2.24. The summed E-state index contributed by atoms with van der Waals surface area (Å²) >= 11 is 3.40. The Labute approximate surface area is 210 Å². The van der Waals surface area contributed by atoms with Crippen molar-refractivity contribution in [3.05, 3.63) is 58.6 Å². The van der Waals surface area contributed by atoms with Gasteiger partial charge in [-0.2, -0.15) is 0 Å². The average Bonchev–Trinajstić information content (AvgIpc) is 2.80. The molecule has 0 saturated heterocycles. The van der Waals surface area contributed by atoms with Gasteiger partial charge < -0.3 is 24.8 Å². The fraction of sp³-hybridized carbons (Fsp3) is 0.462. The maximum Gasteiger partial charge on any atom is 0.333 e. The second-order valence-electron chi connectivity index (χ2n) is 8.44. The Morgan fingerprint density at radius 3 is 2.32 bits per heavy atom. The molecule has 0 radical (unpaired) electrons. The van der Waals surface area contributed by atoms with Gasteiger partial charge in [0.2, 0.25) is 0 Å². The SMILES string of the molecule is CCOC(Cc1ccc(OCCN(CCCC(C)C)C(=O)Nc2ccc(Br)cc2)cc1)C(=O)O. The van der Waals surface area contributed by atoms with E-state index in [1.807, 2.05) is 48.5 Å². The fourth-order valence-corrected chi connectivity index (χ4v) is 3.63. The van der Waals surface area contributed by atoms with Gasteiger partial charge in [-0.1, -0.05) is 41.9 Å². The van der Waals surface area contributed by atoms with Crippen molar-refractivity contribution in [3.8, 4) is 5.75 Å². The topological polar surface area (TPSA) is 88.1 Å². The average molecular weight is 535 g/mol. The van der Waals surface area contributed by atoms with Crippen LogP contribution in [0, 0.1) is 5.92 Å². The molecule has 2 aromatic carbocycles. The van der Waals surface area contributed by atoms with Crippen LogP contribution < -0.4 is 10.1 Å². The molecule has 1 unspecified atom stereocenters. The van der Waals surface area contributed by atoms with E-state index in [9.17, 15) is 14.7 Å². The number of carbonyl (C=O) groups excluding carboxylic acids is 1. The quantitative estimate of drug-likeness (QED) is 0.318. The molecule has 0 heterocycles. The molecule has 34 heavy (non-hydrogen) atoms. The van der Waals surface area contributed by atoms with Crippen molar-refractivity contribution in [1.82, 2.24) is 4.90 Å². The monoisotopic (exact) mass is 534 g/mol. The van der Waals surface area contributed by atoms with Crippen molar-refractivity contribution in [2.45, 2.75) is 46.1 Å². The Kier molecular flexibility index (Phi) is 11.9. The highest BCUT2D eigenvalue weighted by atomic mass is 79.9. The van der Waals surface area contributed by atoms with E-state index in [0.29, 0.717) is 44.4 Å². The molecule has 0 bridgehead atoms. The van der Waals surface area contributed by atoms with Crippen LogP contribution in [-0.4, -0.2) is 54.4 Å². The van der Waals surface area contributed by atoms with Crippen LogP contribution in [0.2, 0.25) is 0 Å². The van der Waals surface area contributed by atoms with E-state index in [1.165, 1.54) is 0 Å². The summed E-state index contributed by atoms with van der Waals surface area (Å²) in [5.74, 6) is 0.276. The van der Waals surface area contributed by atoms with Crippen LogP contribution in [0.25, 0.3) is 0 Å². The first-order valence-electron chi connectivity index (χ1n) is 11.7. The van der Waals surface area contributed by atoms with Gasteiger partial charge >= 0.3 is 12.0 Å². The Bertz CT molecular complexity index is 887. The highest BCUT2D eigenvalue weighted by Gasteiger charge is 2.18. The van der Waals surface area contributed by atoms with Crippen molar-refractivity contribution < 1.29 is 24.2 Å². The molecule has 2 N–H and O–H groups in total. The number of amides is 2. The molecule has 7 nitrogen and oxygen atoms in total. The van der Waals surface area contributed by atoms with Crippen LogP contribution in [0.4, 0.5) is 10.5 Å². The van der Waals surface area contributed by atoms with Crippen LogP contribution in [0.3, 0.4) is 0 Å². The molecule has 186 valence electrons. The lowest BCUT2D eigenvalue weighted by Crippen LogP contribution is -2.38. The summed E-state index contributed by atoms with van der Waals surface area (Å²) in [6.45, 7) is 7.92. The molecule has 0 spiro atoms. The molecule has 2 rings (SSSR count). The minimum Gasteiger partial charge on any atom is -0.492 e. The lowest BCUT2D eigenvalue weighted by molar-refractivity contribution is -0.149. The number of hydrogen-bond acceptors (Lipinski definition) is 4. The van der Waals surface area contributed by atoms with Gasteiger partial charge in [0.25, 0.3) is 0 Å². The molecular weight excluding hydrogens is 500 g/mol. The Balaban J connectivity index is 1.90. The number of aliphatic carboxylic acids is 1. The normalized spacial score (nSPS) is 11.8. The molecule has 2 amide bonds. The van der Waals surface area contributed by atoms with Gasteiger partial charge in [0.05, 0.1) is 6.54 Å². The minimum atomic E-state index is -0.971. The van der Waals surface area contributed by atoms with Crippen LogP contribution in [0.15, 0.2) is 53.0 Å². The predicted molar refractivity (Wildman–Crippen MR) is 137 cm³/mol. The van der Waals surface area contributed by atoms with Gasteiger partial charge in [0.15, 0.2) is 6.10 Å². The molecule has 0 aliphatic carbocycles. The summed E-state index contributed by atoms with van der Waals surface area (Å²) in [5.41, 5.74) is 1.60. The second kappa shape index (κ2) is 14.6. The Morgan fingerprint density at radius 1 is 1.06 bits per heavy atom. The van der Waals surface area contributed by atoms with Crippen molar-refractivity contribution >= 4 is 33.6 Å². The molecule has 0 aliphatic rings. The van der Waals surface area contributed by atoms with E-state index in [2.05, 4.69) is 35.1 Å². The number of rotatable bonds is 14. The van der Waals surface area contributed by atoms with Crippen LogP contribution in [0.5, 0.6) is 5.75 Å². The van der Waals surface area contributed by atoms with Gasteiger partial charge in [0, 0.05) is 29.7 Å². The minimum absolute atomic E-state index is 0.152. The van der Waals surface area contributed by atoms with Gasteiger partial charge in [-0.25, -0.2) is 9.59 Å². The zero-order chi connectivity index (χ0) is 24.9. The molecule has 2 aromatic rings. The molecule has 0 aliphatic heterocycles. The van der Waals surface area contributed by atoms with Crippen LogP contribution in [0.1, 0.15) is 39.2 Å². The zero-order valence-corrected chi connectivity index (χ0v) is 21.7. The number of carboxylic acid groups (broad SMARTS) is 1. The lowest BCUT2D eigenvalue weighted by atomic mass is 10.1. The number of nitrogens with zero attached hydrogens (tertiary/aromatic N) is 1. The molecule has 0 saturated carbocycles. The van der Waals surface area contributed by atoms with Gasteiger partial charge in [0.1, 0.15) is 12.4 Å². The number of nitrogens with one attached hydrogen (secondary N) is 1. The number of ether oxygens (including phenoxy) is 2. The Hall–Kier alpha value is -2.58. The number of hydrogen-bond donors (Lipinski definition) is 2. The van der Waals surface area contributed by atoms with E-state index in [0.717, 1.165) is 28.6 Å². The number of carboxylic acids is 1. The van der Waals surface area contributed by atoms with Gasteiger partial charge in [-0.05, 0) is 67.6 Å². The molecule has 1 atom stereocenters. The summed E-state index contributed by atoms with van der Waals surface area (Å²) in [4.78, 5) is 25.9. The molecule has 0 aromatic heterocycles. The number of anilines is 1. The highest BCUT2D eigenvalue weighted by molar-refractivity contribution is 9.10. The first-order chi connectivity index (χ1) is 16.3. The van der Waals surface area contributed by atoms with E-state index in [1.54, 1.807) is 11.8 Å². The first-order valence-corrected chi connectivity index (χ1v) is 12.5. The molecule has 0 fully saturated rings. The summed E-state index contributed by atoms with van der Waals surface area (Å²) < 4.78 is 12.1. The largest absolute Gasteiger partial charge is 0.492 e. The third-order valence-corrected chi connectivity index (χ3v) is 5.74. The first kappa shape index (κ1) is 27.7. The van der Waals surface area contributed by atoms with E-state index in [4.69, 9.17) is 9.47 Å². The number of urea groups is 1. The predicted octanol–water partition coefficient (Wildman–Crippen LogP) is 5.83. The maximum absolute atomic E-state index is 12.9. The zero-order valence-electron chi connectivity index (χ0n) is 20.1. The Morgan fingerprint density at radius 2 is 1.74 bits per heavy atom. The smallest absolute Gasteiger partial charge is 0.333 e. The summed E-state index contributed by atoms with van der Waals surface area (Å²) in [6, 6.07) is 14.6. The fourth-order valence-electron chi connectivity index (χ4n) is 3.37. The number of carbonyl (C=O) groups is 2. The summed E-state index contributed by atoms with van der Waals surface area (Å²) in [5, 5.41) is 12.2. The van der Waals surface area contributed by atoms with Crippen molar-refractivity contribution in [1.29, 1.82) is 0 Å². The second-order valence-corrected chi connectivity index (χ2v) is 9.35. The third kappa shape index (κ3) is 10.1. The van der Waals surface area contributed by atoms with Crippen molar-refractivity contribution in [2.75, 3.05) is 31.6 Å². The van der Waals surface area contributed by atoms with Crippen LogP contribution in [-0.2, 0) is 16.0 Å². The summed E-state index contributed by atoms with van der Waals surface area (Å²) in [6.07, 6.45) is 1.40. The van der Waals surface area contributed by atoms with Crippen LogP contribution >= 0.6 is 15.9 Å². The van der Waals surface area contributed by atoms with E-state index < -0.39 is 12.1 Å². The van der Waals surface area contributed by atoms with Gasteiger partial charge in [-0.3, -0.25) is 0 Å². The molecule has 8 heteroatoms. The molecular formula is C26H35BrN2O5. The maximum atomic E-state index is 12.9. The van der Waals surface area contributed by atoms with E-state index >= 15 is 0 Å². The standard InChI is InChI=1S/C26H35BrN2O5/c1-4-33-24(25(30)31)18-20-7-13-23(14-8-20)34-17-16-29(15-5-6-19(2)3)26(32)28-22-11-9-21(27)10-12-22/h7-14,19,24H,4-6,15-18H2,1-3H3,(H,28,32)(H,30,31). The third-order valence-electron chi connectivity index (χ3n) is 5.21. The number of halogens is 1. The van der Waals surface area contributed by atoms with Crippen molar-refractivity contribution in [2.24, 2.45) is 5.92 Å². The highest BCUT2D eigenvalue weighted by Crippen LogP contribution is 2.17. The van der Waals surface area contributed by atoms with E-state index in [-0.39, 0.29) is 6.03 Å². The summed E-state index contributed by atoms with van der Waals surface area (Å²) in [7, 11) is 0.